The smallest absolute Gasteiger partial charge is 0.339 e. The molecule has 0 aliphatic carbocycles. The molecule has 0 atom stereocenters. The lowest BCUT2D eigenvalue weighted by Gasteiger charge is -2.09. The first-order chi connectivity index (χ1) is 8.04. The highest BCUT2D eigenvalue weighted by atomic mass is 79.9. The third-order valence-corrected chi connectivity index (χ3v) is 3.39. The van der Waals surface area contributed by atoms with Crippen molar-refractivity contribution in [3.8, 4) is 0 Å². The van der Waals surface area contributed by atoms with E-state index in [2.05, 4.69) is 20.9 Å². The Morgan fingerprint density at radius 3 is 2.82 bits per heavy atom. The number of aromatic nitrogens is 1. The summed E-state index contributed by atoms with van der Waals surface area (Å²) in [5.74, 6) is -1.04. The van der Waals surface area contributed by atoms with Crippen molar-refractivity contribution in [1.29, 1.82) is 0 Å². The minimum absolute atomic E-state index is 0.101. The number of benzene rings is 1. The van der Waals surface area contributed by atoms with Crippen molar-refractivity contribution in [2.75, 3.05) is 0 Å². The maximum atomic E-state index is 11.2. The first-order valence-electron chi connectivity index (χ1n) is 5.05. The molecule has 17 heavy (non-hydrogen) atoms. The molecule has 0 fully saturated rings. The summed E-state index contributed by atoms with van der Waals surface area (Å²) in [6.45, 7) is 1.86. The third-order valence-electron chi connectivity index (χ3n) is 2.51. The monoisotopic (exact) mass is 313 g/mol. The largest absolute Gasteiger partial charge is 0.478 e. The van der Waals surface area contributed by atoms with Gasteiger partial charge in [0.05, 0.1) is 16.2 Å². The highest BCUT2D eigenvalue weighted by Gasteiger charge is 2.18. The maximum Gasteiger partial charge on any atom is 0.339 e. The number of rotatable bonds is 2. The SMILES string of the molecule is CCc1nc2cc(Br)ccc2c(Cl)c1C(=O)O. The summed E-state index contributed by atoms with van der Waals surface area (Å²) in [5, 5.41) is 10.1. The second kappa shape index (κ2) is 4.63. The predicted molar refractivity (Wildman–Crippen MR) is 70.8 cm³/mol. The fourth-order valence-electron chi connectivity index (χ4n) is 1.72. The second-order valence-electron chi connectivity index (χ2n) is 3.57. The molecule has 0 spiro atoms. The number of pyridine rings is 1. The summed E-state index contributed by atoms with van der Waals surface area (Å²) < 4.78 is 0.888. The predicted octanol–water partition coefficient (Wildman–Crippen LogP) is 3.91. The van der Waals surface area contributed by atoms with Gasteiger partial charge in [-0.2, -0.15) is 0 Å². The lowest BCUT2D eigenvalue weighted by Crippen LogP contribution is -2.06. The van der Waals surface area contributed by atoms with E-state index in [4.69, 9.17) is 16.7 Å². The first kappa shape index (κ1) is 12.3. The molecule has 5 heteroatoms. The van der Waals surface area contributed by atoms with E-state index < -0.39 is 5.97 Å². The lowest BCUT2D eigenvalue weighted by atomic mass is 10.1. The Morgan fingerprint density at radius 1 is 1.53 bits per heavy atom. The minimum Gasteiger partial charge on any atom is -0.478 e. The van der Waals surface area contributed by atoms with Crippen molar-refractivity contribution in [2.45, 2.75) is 13.3 Å². The molecule has 0 radical (unpaired) electrons. The van der Waals surface area contributed by atoms with Gasteiger partial charge in [0.15, 0.2) is 0 Å². The molecule has 2 aromatic rings. The Bertz CT molecular complexity index is 613. The van der Waals surface area contributed by atoms with Crippen LogP contribution in [0.3, 0.4) is 0 Å². The number of carbonyl (C=O) groups is 1. The summed E-state index contributed by atoms with van der Waals surface area (Å²) in [4.78, 5) is 15.5. The Balaban J connectivity index is 2.87. The van der Waals surface area contributed by atoms with Crippen LogP contribution in [0, 0.1) is 0 Å². The van der Waals surface area contributed by atoms with Crippen LogP contribution in [0.5, 0.6) is 0 Å². The number of hydrogen-bond donors (Lipinski definition) is 1. The van der Waals surface area contributed by atoms with E-state index in [1.165, 1.54) is 0 Å². The Labute approximate surface area is 112 Å². The first-order valence-corrected chi connectivity index (χ1v) is 6.22. The molecule has 1 heterocycles. The van der Waals surface area contributed by atoms with Gasteiger partial charge in [-0.15, -0.1) is 0 Å². The molecule has 0 aliphatic rings. The topological polar surface area (TPSA) is 50.2 Å². The third kappa shape index (κ3) is 2.15. The highest BCUT2D eigenvalue weighted by molar-refractivity contribution is 9.10. The zero-order chi connectivity index (χ0) is 12.6. The van der Waals surface area contributed by atoms with Gasteiger partial charge in [0.25, 0.3) is 0 Å². The van der Waals surface area contributed by atoms with Crippen LogP contribution in [0.25, 0.3) is 10.9 Å². The van der Waals surface area contributed by atoms with Gasteiger partial charge in [-0.3, -0.25) is 4.98 Å². The molecule has 0 saturated heterocycles. The molecule has 3 nitrogen and oxygen atoms in total. The molecular weight excluding hydrogens is 305 g/mol. The van der Waals surface area contributed by atoms with Crippen molar-refractivity contribution >= 4 is 44.4 Å². The molecule has 0 unspecified atom stereocenters. The van der Waals surface area contributed by atoms with Crippen LogP contribution < -0.4 is 0 Å². The number of aryl methyl sites for hydroxylation is 1. The van der Waals surface area contributed by atoms with Gasteiger partial charge in [-0.25, -0.2) is 4.79 Å². The molecule has 1 aromatic carbocycles. The van der Waals surface area contributed by atoms with E-state index in [1.54, 1.807) is 6.07 Å². The minimum atomic E-state index is -1.04. The summed E-state index contributed by atoms with van der Waals surface area (Å²) in [6.07, 6.45) is 0.532. The average Bonchev–Trinajstić information content (AvgIpc) is 2.27. The highest BCUT2D eigenvalue weighted by Crippen LogP contribution is 2.30. The number of halogens is 2. The Morgan fingerprint density at radius 2 is 2.24 bits per heavy atom. The standard InChI is InChI=1S/C12H9BrClNO2/c1-2-8-10(12(16)17)11(14)7-4-3-6(13)5-9(7)15-8/h3-5H,2H2,1H3,(H,16,17). The molecule has 0 bridgehead atoms. The van der Waals surface area contributed by atoms with Gasteiger partial charge in [0.1, 0.15) is 5.56 Å². The zero-order valence-corrected chi connectivity index (χ0v) is 11.3. The Hall–Kier alpha value is -1.13. The number of aromatic carboxylic acids is 1. The van der Waals surface area contributed by atoms with Gasteiger partial charge in [-0.05, 0) is 18.6 Å². The Kier molecular flexibility index (Phi) is 3.35. The van der Waals surface area contributed by atoms with Gasteiger partial charge in [0.2, 0.25) is 0 Å². The number of hydrogen-bond acceptors (Lipinski definition) is 2. The van der Waals surface area contributed by atoms with E-state index in [0.29, 0.717) is 23.0 Å². The number of fused-ring (bicyclic) bond motifs is 1. The van der Waals surface area contributed by atoms with Crippen molar-refractivity contribution in [1.82, 2.24) is 4.98 Å². The number of nitrogens with zero attached hydrogens (tertiary/aromatic N) is 1. The molecule has 2 rings (SSSR count). The normalized spacial score (nSPS) is 10.8. The fourth-order valence-corrected chi connectivity index (χ4v) is 2.42. The molecule has 0 aliphatic heterocycles. The van der Waals surface area contributed by atoms with E-state index >= 15 is 0 Å². The molecule has 0 amide bonds. The maximum absolute atomic E-state index is 11.2. The summed E-state index contributed by atoms with van der Waals surface area (Å²) in [5.41, 5.74) is 1.31. The number of carboxylic acids is 1. The van der Waals surface area contributed by atoms with Crippen LogP contribution in [-0.4, -0.2) is 16.1 Å². The van der Waals surface area contributed by atoms with Gasteiger partial charge in [0, 0.05) is 9.86 Å². The number of carboxylic acid groups (broad SMARTS) is 1. The average molecular weight is 315 g/mol. The molecule has 88 valence electrons. The van der Waals surface area contributed by atoms with Crippen molar-refractivity contribution in [3.05, 3.63) is 39.0 Å². The summed E-state index contributed by atoms with van der Waals surface area (Å²) in [7, 11) is 0. The van der Waals surface area contributed by atoms with E-state index in [-0.39, 0.29) is 10.6 Å². The van der Waals surface area contributed by atoms with Crippen LogP contribution >= 0.6 is 27.5 Å². The van der Waals surface area contributed by atoms with Gasteiger partial charge < -0.3 is 5.11 Å². The molecular formula is C12H9BrClNO2. The van der Waals surface area contributed by atoms with Crippen LogP contribution in [-0.2, 0) is 6.42 Å². The zero-order valence-electron chi connectivity index (χ0n) is 9.00. The van der Waals surface area contributed by atoms with Crippen molar-refractivity contribution in [2.24, 2.45) is 0 Å². The second-order valence-corrected chi connectivity index (χ2v) is 4.86. The van der Waals surface area contributed by atoms with Crippen molar-refractivity contribution in [3.63, 3.8) is 0 Å². The van der Waals surface area contributed by atoms with E-state index in [1.807, 2.05) is 19.1 Å². The lowest BCUT2D eigenvalue weighted by molar-refractivity contribution is 0.0695. The molecule has 1 aromatic heterocycles. The van der Waals surface area contributed by atoms with Crippen molar-refractivity contribution < 1.29 is 9.90 Å². The molecule has 1 N–H and O–H groups in total. The summed E-state index contributed by atoms with van der Waals surface area (Å²) >= 11 is 9.49. The van der Waals surface area contributed by atoms with Crippen LogP contribution in [0.4, 0.5) is 0 Å². The van der Waals surface area contributed by atoms with Crippen LogP contribution in [0.2, 0.25) is 5.02 Å². The summed E-state index contributed by atoms with van der Waals surface area (Å²) in [6, 6.07) is 5.40. The van der Waals surface area contributed by atoms with E-state index in [0.717, 1.165) is 4.47 Å². The van der Waals surface area contributed by atoms with Gasteiger partial charge in [-0.1, -0.05) is 40.5 Å². The fraction of sp³-hybridized carbons (Fsp3) is 0.167. The van der Waals surface area contributed by atoms with E-state index in [9.17, 15) is 4.79 Å². The molecule has 0 saturated carbocycles. The van der Waals surface area contributed by atoms with Gasteiger partial charge >= 0.3 is 5.97 Å². The van der Waals surface area contributed by atoms with Crippen LogP contribution in [0.15, 0.2) is 22.7 Å². The quantitative estimate of drug-likeness (QED) is 0.914. The van der Waals surface area contributed by atoms with Crippen LogP contribution in [0.1, 0.15) is 23.0 Å².